The fourth-order valence-corrected chi connectivity index (χ4v) is 4.40. The first-order chi connectivity index (χ1) is 14.6. The van der Waals surface area contributed by atoms with E-state index in [0.717, 1.165) is 11.1 Å². The van der Waals surface area contributed by atoms with E-state index in [1.165, 1.54) is 28.4 Å². The third kappa shape index (κ3) is 3.89. The summed E-state index contributed by atoms with van der Waals surface area (Å²) < 4.78 is 12.1. The van der Waals surface area contributed by atoms with Crippen molar-refractivity contribution < 1.29 is 19.1 Å². The van der Waals surface area contributed by atoms with E-state index in [0.29, 0.717) is 48.2 Å². The van der Waals surface area contributed by atoms with Gasteiger partial charge in [0.2, 0.25) is 11.3 Å². The number of aliphatic hydroxyl groups excluding tert-OH is 1. The van der Waals surface area contributed by atoms with E-state index in [4.69, 9.17) is 9.15 Å². The number of carbonyl (C=O) groups is 1. The lowest BCUT2D eigenvalue weighted by atomic mass is 10.1. The smallest absolute Gasteiger partial charge is 0.250 e. The molecule has 2 aromatic heterocycles. The molecule has 0 spiro atoms. The normalized spacial score (nSPS) is 14.1. The lowest BCUT2D eigenvalue weighted by Gasteiger charge is -2.27. The first-order valence-electron chi connectivity index (χ1n) is 9.65. The Balaban J connectivity index is 1.78. The minimum absolute atomic E-state index is 0.0751. The summed E-state index contributed by atoms with van der Waals surface area (Å²) in [5, 5.41) is 11.2. The van der Waals surface area contributed by atoms with Crippen LogP contribution in [0.15, 0.2) is 57.6 Å². The number of benzene rings is 1. The van der Waals surface area contributed by atoms with Crippen LogP contribution in [0, 0.1) is 0 Å². The molecule has 1 N–H and O–H groups in total. The molecular weight excluding hydrogens is 404 g/mol. The molecule has 1 aliphatic heterocycles. The van der Waals surface area contributed by atoms with E-state index in [-0.39, 0.29) is 24.5 Å². The zero-order valence-electron chi connectivity index (χ0n) is 16.4. The zero-order valence-corrected chi connectivity index (χ0v) is 17.2. The summed E-state index contributed by atoms with van der Waals surface area (Å²) in [6.45, 7) is 6.06. The van der Waals surface area contributed by atoms with Crippen molar-refractivity contribution >= 4 is 39.1 Å². The van der Waals surface area contributed by atoms with Crippen molar-refractivity contribution in [1.29, 1.82) is 0 Å². The van der Waals surface area contributed by atoms with E-state index < -0.39 is 0 Å². The molecule has 1 amide bonds. The van der Waals surface area contributed by atoms with E-state index in [1.807, 2.05) is 28.5 Å². The predicted molar refractivity (Wildman–Crippen MR) is 118 cm³/mol. The molecule has 8 heteroatoms. The third-order valence-electron chi connectivity index (χ3n) is 4.99. The summed E-state index contributed by atoms with van der Waals surface area (Å²) in [7, 11) is 0. The van der Waals surface area contributed by atoms with E-state index in [9.17, 15) is 14.7 Å². The Morgan fingerprint density at radius 1 is 1.30 bits per heavy atom. The number of anilines is 2. The number of morpholine rings is 1. The first-order valence-corrected chi connectivity index (χ1v) is 10.5. The van der Waals surface area contributed by atoms with Crippen LogP contribution in [0.2, 0.25) is 0 Å². The molecule has 0 bridgehead atoms. The van der Waals surface area contributed by atoms with Crippen LogP contribution in [0.1, 0.15) is 0 Å². The van der Waals surface area contributed by atoms with Crippen LogP contribution >= 0.6 is 11.3 Å². The molecular formula is C22H22N2O5S. The number of carbonyl (C=O) groups excluding carboxylic acids is 1. The monoisotopic (exact) mass is 426 g/mol. The molecule has 0 radical (unpaired) electrons. The first kappa shape index (κ1) is 20.3. The van der Waals surface area contributed by atoms with Gasteiger partial charge in [0.25, 0.3) is 0 Å². The van der Waals surface area contributed by atoms with Gasteiger partial charge in [0.15, 0.2) is 11.5 Å². The van der Waals surface area contributed by atoms with Gasteiger partial charge in [-0.15, -0.1) is 11.3 Å². The van der Waals surface area contributed by atoms with Crippen molar-refractivity contribution in [2.45, 2.75) is 0 Å². The Morgan fingerprint density at radius 3 is 2.83 bits per heavy atom. The minimum atomic E-state index is -0.294. The largest absolute Gasteiger partial charge is 0.439 e. The molecule has 3 heterocycles. The number of fused-ring (bicyclic) bond motifs is 1. The van der Waals surface area contributed by atoms with Crippen molar-refractivity contribution in [1.82, 2.24) is 0 Å². The van der Waals surface area contributed by atoms with Crippen LogP contribution in [-0.2, 0) is 9.53 Å². The summed E-state index contributed by atoms with van der Waals surface area (Å²) in [5.41, 5.74) is 2.71. The number of hydrogen-bond acceptors (Lipinski definition) is 7. The Bertz CT molecular complexity index is 1130. The molecule has 7 nitrogen and oxygen atoms in total. The number of thiophene rings is 1. The Kier molecular flexibility index (Phi) is 5.98. The molecule has 1 fully saturated rings. The van der Waals surface area contributed by atoms with Gasteiger partial charge in [-0.2, -0.15) is 0 Å². The second-order valence-electron chi connectivity index (χ2n) is 6.82. The third-order valence-corrected chi connectivity index (χ3v) is 5.96. The van der Waals surface area contributed by atoms with Crippen molar-refractivity contribution in [2.75, 3.05) is 49.3 Å². The van der Waals surface area contributed by atoms with Crippen LogP contribution < -0.4 is 15.2 Å². The molecule has 3 aromatic rings. The van der Waals surface area contributed by atoms with Gasteiger partial charge in [-0.05, 0) is 23.8 Å². The standard InChI is InChI=1S/C22H22N2O5S/c1-2-19(27)24(6-9-25)16-5-3-4-15(12-16)17-14-30-22-18(26)13-20(29-21(17)22)23-7-10-28-11-8-23/h2-5,12-14,25H,1,6-11H2. The highest BCUT2D eigenvalue weighted by atomic mass is 32.1. The number of hydrogen-bond donors (Lipinski definition) is 1. The highest BCUT2D eigenvalue weighted by Crippen LogP contribution is 2.36. The molecule has 0 unspecified atom stereocenters. The van der Waals surface area contributed by atoms with Gasteiger partial charge < -0.3 is 24.1 Å². The van der Waals surface area contributed by atoms with E-state index in [1.54, 1.807) is 6.07 Å². The van der Waals surface area contributed by atoms with E-state index in [2.05, 4.69) is 6.58 Å². The summed E-state index contributed by atoms with van der Waals surface area (Å²) >= 11 is 1.34. The highest BCUT2D eigenvalue weighted by molar-refractivity contribution is 7.17. The molecule has 0 atom stereocenters. The molecule has 1 aromatic carbocycles. The van der Waals surface area contributed by atoms with Gasteiger partial charge in [0.1, 0.15) is 4.70 Å². The quantitative estimate of drug-likeness (QED) is 0.611. The summed E-state index contributed by atoms with van der Waals surface area (Å²) in [5.74, 6) is 0.243. The maximum absolute atomic E-state index is 12.7. The van der Waals surface area contributed by atoms with E-state index >= 15 is 0 Å². The highest BCUT2D eigenvalue weighted by Gasteiger charge is 2.19. The van der Waals surface area contributed by atoms with Crippen molar-refractivity contribution in [3.63, 3.8) is 0 Å². The Morgan fingerprint density at radius 2 is 2.10 bits per heavy atom. The van der Waals surface area contributed by atoms with Crippen LogP contribution in [0.4, 0.5) is 11.6 Å². The number of nitrogens with zero attached hydrogens (tertiary/aromatic N) is 2. The SMILES string of the molecule is C=CC(=O)N(CCO)c1cccc(-c2csc3c(=O)cc(N4CCOCC4)oc23)c1. The Labute approximate surface area is 177 Å². The number of ether oxygens (including phenoxy) is 1. The number of aliphatic hydroxyl groups is 1. The maximum atomic E-state index is 12.7. The fourth-order valence-electron chi connectivity index (χ4n) is 3.49. The van der Waals surface area contributed by atoms with Crippen molar-refractivity contribution in [3.05, 3.63) is 58.6 Å². The van der Waals surface area contributed by atoms with Gasteiger partial charge in [0, 0.05) is 42.3 Å². The second kappa shape index (κ2) is 8.83. The maximum Gasteiger partial charge on any atom is 0.250 e. The molecule has 4 rings (SSSR count). The second-order valence-corrected chi connectivity index (χ2v) is 7.70. The van der Waals surface area contributed by atoms with Crippen molar-refractivity contribution in [2.24, 2.45) is 0 Å². The number of amides is 1. The van der Waals surface area contributed by atoms with Gasteiger partial charge in [0.05, 0.1) is 19.8 Å². The van der Waals surface area contributed by atoms with Crippen molar-refractivity contribution in [3.8, 4) is 11.1 Å². The predicted octanol–water partition coefficient (Wildman–Crippen LogP) is 2.87. The summed E-state index contributed by atoms with van der Waals surface area (Å²) in [6.07, 6.45) is 1.22. The van der Waals surface area contributed by atoms with Crippen LogP contribution in [-0.4, -0.2) is 50.5 Å². The average molecular weight is 426 g/mol. The molecule has 1 aliphatic rings. The molecule has 156 valence electrons. The zero-order chi connectivity index (χ0) is 21.1. The molecule has 1 saturated heterocycles. The minimum Gasteiger partial charge on any atom is -0.439 e. The van der Waals surface area contributed by atoms with Gasteiger partial charge in [-0.25, -0.2) is 0 Å². The lowest BCUT2D eigenvalue weighted by molar-refractivity contribution is -0.114. The molecule has 0 aliphatic carbocycles. The van der Waals surface area contributed by atoms with Crippen LogP contribution in [0.25, 0.3) is 21.4 Å². The summed E-state index contributed by atoms with van der Waals surface area (Å²) in [6, 6.07) is 8.92. The van der Waals surface area contributed by atoms with Gasteiger partial charge in [-0.3, -0.25) is 9.59 Å². The van der Waals surface area contributed by atoms with Gasteiger partial charge in [-0.1, -0.05) is 18.7 Å². The molecule has 0 saturated carbocycles. The molecule has 30 heavy (non-hydrogen) atoms. The fraction of sp³-hybridized carbons (Fsp3) is 0.273. The average Bonchev–Trinajstić information content (AvgIpc) is 3.22. The van der Waals surface area contributed by atoms with Gasteiger partial charge >= 0.3 is 0 Å². The number of rotatable bonds is 6. The summed E-state index contributed by atoms with van der Waals surface area (Å²) in [4.78, 5) is 28.3. The lowest BCUT2D eigenvalue weighted by Crippen LogP contribution is -2.36. The Hall–Kier alpha value is -2.94. The van der Waals surface area contributed by atoms with Crippen LogP contribution in [0.3, 0.4) is 0 Å². The van der Waals surface area contributed by atoms with Crippen LogP contribution in [0.5, 0.6) is 0 Å². The topological polar surface area (TPSA) is 83.2 Å².